The van der Waals surface area contributed by atoms with Crippen LogP contribution < -0.4 is 9.47 Å². The third kappa shape index (κ3) is 3.64. The van der Waals surface area contributed by atoms with Crippen LogP contribution in [-0.2, 0) is 0 Å². The summed E-state index contributed by atoms with van der Waals surface area (Å²) in [5.41, 5.74) is 1.81. The van der Waals surface area contributed by atoms with Crippen molar-refractivity contribution in [2.75, 3.05) is 20.2 Å². The summed E-state index contributed by atoms with van der Waals surface area (Å²) >= 11 is 0. The van der Waals surface area contributed by atoms with E-state index in [1.807, 2.05) is 24.3 Å². The molecule has 1 aliphatic heterocycles. The lowest BCUT2D eigenvalue weighted by molar-refractivity contribution is 0.0514. The van der Waals surface area contributed by atoms with Crippen LogP contribution in [0, 0.1) is 0 Å². The number of fused-ring (bicyclic) bond motifs is 1. The highest BCUT2D eigenvalue weighted by atomic mass is 16.5. The molecule has 4 rings (SSSR count). The fourth-order valence-corrected chi connectivity index (χ4v) is 3.13. The third-order valence-corrected chi connectivity index (χ3v) is 4.44. The average Bonchev–Trinajstić information content (AvgIpc) is 2.73. The number of nitrogens with zero attached hydrogens (tertiary/aromatic N) is 5. The second-order valence-electron chi connectivity index (χ2n) is 6.25. The molecule has 0 aliphatic carbocycles. The van der Waals surface area contributed by atoms with E-state index in [0.717, 1.165) is 18.4 Å². The molecule has 1 aromatic carbocycles. The number of ether oxygens (including phenoxy) is 2. The molecule has 1 atom stereocenters. The largest absolute Gasteiger partial charge is 0.477 e. The Kier molecular flexibility index (Phi) is 4.78. The highest BCUT2D eigenvalue weighted by Crippen LogP contribution is 2.24. The third-order valence-electron chi connectivity index (χ3n) is 4.44. The van der Waals surface area contributed by atoms with Gasteiger partial charge in [-0.2, -0.15) is 0 Å². The van der Waals surface area contributed by atoms with E-state index in [1.54, 1.807) is 17.3 Å². The van der Waals surface area contributed by atoms with Crippen molar-refractivity contribution in [3.63, 3.8) is 0 Å². The minimum absolute atomic E-state index is 0.146. The average molecular weight is 365 g/mol. The van der Waals surface area contributed by atoms with Crippen molar-refractivity contribution in [3.05, 3.63) is 48.5 Å². The Labute approximate surface area is 156 Å². The Hall–Kier alpha value is -3.29. The molecule has 27 heavy (non-hydrogen) atoms. The predicted molar refractivity (Wildman–Crippen MR) is 97.7 cm³/mol. The minimum Gasteiger partial charge on any atom is -0.477 e. The summed E-state index contributed by atoms with van der Waals surface area (Å²) in [6.07, 6.45) is 6.10. The summed E-state index contributed by atoms with van der Waals surface area (Å²) in [7, 11) is 1.52. The maximum atomic E-state index is 12.9. The fourth-order valence-electron chi connectivity index (χ4n) is 3.13. The van der Waals surface area contributed by atoms with Gasteiger partial charge in [-0.05, 0) is 25.0 Å². The molecule has 3 aromatic rings. The smallest absolute Gasteiger partial charge is 0.278 e. The molecule has 1 saturated heterocycles. The van der Waals surface area contributed by atoms with Crippen LogP contribution in [0.15, 0.2) is 42.9 Å². The summed E-state index contributed by atoms with van der Waals surface area (Å²) in [6.45, 7) is 1.11. The fraction of sp³-hybridized carbons (Fsp3) is 0.316. The van der Waals surface area contributed by atoms with Gasteiger partial charge in [0.05, 0.1) is 30.9 Å². The van der Waals surface area contributed by atoms with E-state index < -0.39 is 0 Å². The van der Waals surface area contributed by atoms with Crippen LogP contribution in [0.1, 0.15) is 23.3 Å². The van der Waals surface area contributed by atoms with Crippen molar-refractivity contribution < 1.29 is 14.3 Å². The first-order chi connectivity index (χ1) is 13.2. The first-order valence-electron chi connectivity index (χ1n) is 8.77. The van der Waals surface area contributed by atoms with E-state index >= 15 is 0 Å². The second kappa shape index (κ2) is 7.53. The number of carbonyl (C=O) groups excluding carboxylic acids is 1. The van der Waals surface area contributed by atoms with Gasteiger partial charge in [0.1, 0.15) is 11.8 Å². The van der Waals surface area contributed by atoms with Crippen molar-refractivity contribution in [2.24, 2.45) is 0 Å². The topological polar surface area (TPSA) is 90.3 Å². The van der Waals surface area contributed by atoms with E-state index in [9.17, 15) is 4.79 Å². The Bertz CT molecular complexity index is 965. The molecule has 8 heteroatoms. The Morgan fingerprint density at radius 1 is 1.11 bits per heavy atom. The Balaban J connectivity index is 1.49. The number of rotatable bonds is 4. The molecule has 0 N–H and O–H groups in total. The number of likely N-dealkylation sites (tertiary alicyclic amines) is 1. The standard InChI is InChI=1S/C19H19N5O3/c1-26-17-18(21-9-8-20-17)27-13-5-4-10-24(12-13)19(25)16-11-22-14-6-2-3-7-15(14)23-16/h2-3,6-9,11,13H,4-5,10,12H2,1H3/t13-/m1/s1. The van der Waals surface area contributed by atoms with Crippen LogP contribution >= 0.6 is 0 Å². The van der Waals surface area contributed by atoms with Gasteiger partial charge < -0.3 is 14.4 Å². The highest BCUT2D eigenvalue weighted by Gasteiger charge is 2.27. The number of piperidine rings is 1. The van der Waals surface area contributed by atoms with Gasteiger partial charge in [0.15, 0.2) is 0 Å². The van der Waals surface area contributed by atoms with Gasteiger partial charge in [0.2, 0.25) is 0 Å². The summed E-state index contributed by atoms with van der Waals surface area (Å²) < 4.78 is 11.1. The number of benzene rings is 1. The summed E-state index contributed by atoms with van der Waals surface area (Å²) in [5.74, 6) is 0.527. The van der Waals surface area contributed by atoms with Crippen molar-refractivity contribution >= 4 is 16.9 Å². The van der Waals surface area contributed by atoms with E-state index in [1.165, 1.54) is 13.3 Å². The molecule has 138 valence electrons. The first kappa shape index (κ1) is 17.1. The molecule has 1 fully saturated rings. The van der Waals surface area contributed by atoms with Gasteiger partial charge in [-0.1, -0.05) is 12.1 Å². The summed E-state index contributed by atoms with van der Waals surface area (Å²) in [6, 6.07) is 7.49. The van der Waals surface area contributed by atoms with E-state index in [2.05, 4.69) is 19.9 Å². The normalized spacial score (nSPS) is 16.9. The van der Waals surface area contributed by atoms with Crippen LogP contribution in [0.25, 0.3) is 11.0 Å². The number of aromatic nitrogens is 4. The quantitative estimate of drug-likeness (QED) is 0.699. The van der Waals surface area contributed by atoms with E-state index in [0.29, 0.717) is 36.1 Å². The molecule has 3 heterocycles. The van der Waals surface area contributed by atoms with Crippen molar-refractivity contribution in [3.8, 4) is 11.8 Å². The Morgan fingerprint density at radius 2 is 1.89 bits per heavy atom. The number of methoxy groups -OCH3 is 1. The molecule has 0 spiro atoms. The summed E-state index contributed by atoms with van der Waals surface area (Å²) in [5, 5.41) is 0. The van der Waals surface area contributed by atoms with Crippen molar-refractivity contribution in [1.29, 1.82) is 0 Å². The zero-order valence-electron chi connectivity index (χ0n) is 14.9. The minimum atomic E-state index is -0.179. The van der Waals surface area contributed by atoms with Crippen molar-refractivity contribution in [1.82, 2.24) is 24.8 Å². The van der Waals surface area contributed by atoms with Crippen molar-refractivity contribution in [2.45, 2.75) is 18.9 Å². The van der Waals surface area contributed by atoms with Gasteiger partial charge >= 0.3 is 0 Å². The lowest BCUT2D eigenvalue weighted by Gasteiger charge is -2.32. The van der Waals surface area contributed by atoms with E-state index in [4.69, 9.17) is 9.47 Å². The van der Waals surface area contributed by atoms with Gasteiger partial charge in [-0.25, -0.2) is 15.0 Å². The predicted octanol–water partition coefficient (Wildman–Crippen LogP) is 2.11. The van der Waals surface area contributed by atoms with Crippen LogP contribution in [0.3, 0.4) is 0 Å². The maximum Gasteiger partial charge on any atom is 0.278 e. The molecule has 1 amide bonds. The van der Waals surface area contributed by atoms with Crippen LogP contribution in [0.4, 0.5) is 0 Å². The number of carbonyl (C=O) groups is 1. The van der Waals surface area contributed by atoms with Crippen LogP contribution in [-0.4, -0.2) is 57.0 Å². The zero-order chi connectivity index (χ0) is 18.6. The molecule has 0 bridgehead atoms. The molecular formula is C19H19N5O3. The highest BCUT2D eigenvalue weighted by molar-refractivity contribution is 5.93. The molecule has 8 nitrogen and oxygen atoms in total. The number of hydrogen-bond acceptors (Lipinski definition) is 7. The van der Waals surface area contributed by atoms with Crippen LogP contribution in [0.2, 0.25) is 0 Å². The SMILES string of the molecule is COc1nccnc1O[C@@H]1CCCN(C(=O)c2cnc3ccccc3n2)C1. The molecule has 0 radical (unpaired) electrons. The molecular weight excluding hydrogens is 346 g/mol. The lowest BCUT2D eigenvalue weighted by atomic mass is 10.1. The molecule has 0 unspecified atom stereocenters. The number of para-hydroxylation sites is 2. The first-order valence-corrected chi connectivity index (χ1v) is 8.77. The van der Waals surface area contributed by atoms with Gasteiger partial charge in [0.25, 0.3) is 17.7 Å². The Morgan fingerprint density at radius 3 is 2.70 bits per heavy atom. The van der Waals surface area contributed by atoms with Gasteiger partial charge in [0, 0.05) is 18.9 Å². The van der Waals surface area contributed by atoms with E-state index in [-0.39, 0.29) is 12.0 Å². The summed E-state index contributed by atoms with van der Waals surface area (Å²) in [4.78, 5) is 31.7. The molecule has 0 saturated carbocycles. The van der Waals surface area contributed by atoms with Gasteiger partial charge in [-0.15, -0.1) is 0 Å². The monoisotopic (exact) mass is 365 g/mol. The van der Waals surface area contributed by atoms with Crippen LogP contribution in [0.5, 0.6) is 11.8 Å². The maximum absolute atomic E-state index is 12.9. The molecule has 2 aromatic heterocycles. The lowest BCUT2D eigenvalue weighted by Crippen LogP contribution is -2.44. The van der Waals surface area contributed by atoms with Gasteiger partial charge in [-0.3, -0.25) is 9.78 Å². The number of hydrogen-bond donors (Lipinski definition) is 0. The number of amides is 1. The zero-order valence-corrected chi connectivity index (χ0v) is 14.9. The second-order valence-corrected chi connectivity index (χ2v) is 6.25. The molecule has 1 aliphatic rings.